The number of anilines is 1. The quantitative estimate of drug-likeness (QED) is 0.482. The first kappa shape index (κ1) is 23.9. The molecular weight excluding hydrogens is 464 g/mol. The fraction of sp³-hybridized carbons (Fsp3) is 0.348. The van der Waals surface area contributed by atoms with Crippen molar-refractivity contribution in [3.05, 3.63) is 53.6 Å². The summed E-state index contributed by atoms with van der Waals surface area (Å²) in [6.07, 6.45) is -0.437. The van der Waals surface area contributed by atoms with Gasteiger partial charge in [-0.1, -0.05) is 0 Å². The highest BCUT2D eigenvalue weighted by atomic mass is 32.2. The third kappa shape index (κ3) is 5.11. The summed E-state index contributed by atoms with van der Waals surface area (Å²) in [6, 6.07) is 9.89. The lowest BCUT2D eigenvalue weighted by atomic mass is 10.1. The number of fused-ring (bicyclic) bond motifs is 1. The molecule has 0 aromatic heterocycles. The predicted molar refractivity (Wildman–Crippen MR) is 120 cm³/mol. The van der Waals surface area contributed by atoms with E-state index in [1.807, 2.05) is 13.8 Å². The molecular formula is C23H24N2O8S. The van der Waals surface area contributed by atoms with E-state index in [4.69, 9.17) is 14.2 Å². The van der Waals surface area contributed by atoms with Gasteiger partial charge in [-0.15, -0.1) is 0 Å². The van der Waals surface area contributed by atoms with Crippen molar-refractivity contribution in [2.24, 2.45) is 0 Å². The van der Waals surface area contributed by atoms with Gasteiger partial charge < -0.3 is 19.5 Å². The lowest BCUT2D eigenvalue weighted by Gasteiger charge is -2.34. The number of hydrogen-bond donors (Lipinski definition) is 1. The highest BCUT2D eigenvalue weighted by Crippen LogP contribution is 2.28. The highest BCUT2D eigenvalue weighted by molar-refractivity contribution is 7.89. The number of rotatable bonds is 6. The van der Waals surface area contributed by atoms with Crippen LogP contribution < -0.4 is 10.1 Å². The van der Waals surface area contributed by atoms with E-state index < -0.39 is 28.4 Å². The van der Waals surface area contributed by atoms with Gasteiger partial charge in [-0.2, -0.15) is 4.31 Å². The molecule has 2 aliphatic heterocycles. The van der Waals surface area contributed by atoms with Gasteiger partial charge in [0.15, 0.2) is 19.0 Å². The Hall–Kier alpha value is -3.28. The topological polar surface area (TPSA) is 128 Å². The largest absolute Gasteiger partial charge is 0.482 e. The van der Waals surface area contributed by atoms with Crippen LogP contribution in [0.15, 0.2) is 47.4 Å². The van der Waals surface area contributed by atoms with E-state index in [9.17, 15) is 22.8 Å². The van der Waals surface area contributed by atoms with E-state index in [0.29, 0.717) is 11.4 Å². The molecule has 0 aliphatic carbocycles. The molecule has 2 aromatic carbocycles. The van der Waals surface area contributed by atoms with Crippen LogP contribution in [0.25, 0.3) is 0 Å². The van der Waals surface area contributed by atoms with E-state index in [1.165, 1.54) is 40.7 Å². The zero-order valence-electron chi connectivity index (χ0n) is 18.6. The smallest absolute Gasteiger partial charge is 0.338 e. The monoisotopic (exact) mass is 488 g/mol. The van der Waals surface area contributed by atoms with Crippen molar-refractivity contribution in [1.29, 1.82) is 0 Å². The number of esters is 1. The van der Waals surface area contributed by atoms with Gasteiger partial charge in [0.1, 0.15) is 5.75 Å². The second-order valence-corrected chi connectivity index (χ2v) is 10.1. The summed E-state index contributed by atoms with van der Waals surface area (Å²) in [7, 11) is -3.74. The number of nitrogens with zero attached hydrogens (tertiary/aromatic N) is 1. The Kier molecular flexibility index (Phi) is 6.69. The minimum Gasteiger partial charge on any atom is -0.482 e. The number of Topliss-reactive ketones (excluding diaryl/α,β-unsaturated/α-hetero) is 1. The highest BCUT2D eigenvalue weighted by Gasteiger charge is 2.32. The molecule has 11 heteroatoms. The zero-order chi connectivity index (χ0) is 24.5. The molecule has 1 saturated heterocycles. The van der Waals surface area contributed by atoms with Crippen LogP contribution in [0.2, 0.25) is 0 Å². The normalized spacial score (nSPS) is 20.6. The second kappa shape index (κ2) is 9.53. The third-order valence-corrected chi connectivity index (χ3v) is 7.23. The standard InChI is InChI=1S/C23H24N2O8S/c1-14-10-25(11-15(2)33-14)34(29,30)18-6-3-16(4-7-18)23(28)32-12-20(26)17-5-8-21-19(9-17)24-22(27)13-31-21/h3-9,14-15H,10-13H2,1-2H3,(H,24,27). The number of nitrogens with one attached hydrogen (secondary N) is 1. The number of hydrogen-bond acceptors (Lipinski definition) is 8. The maximum atomic E-state index is 12.9. The summed E-state index contributed by atoms with van der Waals surface area (Å²) >= 11 is 0. The minimum atomic E-state index is -3.74. The molecule has 2 unspecified atom stereocenters. The van der Waals surface area contributed by atoms with Gasteiger partial charge in [-0.3, -0.25) is 9.59 Å². The van der Waals surface area contributed by atoms with Crippen molar-refractivity contribution in [3.63, 3.8) is 0 Å². The number of benzene rings is 2. The van der Waals surface area contributed by atoms with Crippen LogP contribution in [-0.4, -0.2) is 68.9 Å². The summed E-state index contributed by atoms with van der Waals surface area (Å²) in [5.74, 6) is -1.11. The van der Waals surface area contributed by atoms with Gasteiger partial charge in [-0.25, -0.2) is 13.2 Å². The molecule has 0 radical (unpaired) electrons. The van der Waals surface area contributed by atoms with E-state index in [-0.39, 0.29) is 53.8 Å². The predicted octanol–water partition coefficient (Wildman–Crippen LogP) is 1.86. The Labute approximate surface area is 196 Å². The van der Waals surface area contributed by atoms with Crippen molar-refractivity contribution in [3.8, 4) is 5.75 Å². The molecule has 1 amide bonds. The molecule has 2 aliphatic rings. The van der Waals surface area contributed by atoms with Crippen molar-refractivity contribution in [2.45, 2.75) is 31.0 Å². The first-order valence-corrected chi connectivity index (χ1v) is 12.1. The summed E-state index contributed by atoms with van der Waals surface area (Å²) in [6.45, 7) is 3.51. The number of ether oxygens (including phenoxy) is 3. The van der Waals surface area contributed by atoms with Crippen molar-refractivity contribution < 1.29 is 37.0 Å². The molecule has 1 fully saturated rings. The number of carbonyl (C=O) groups is 3. The molecule has 1 N–H and O–H groups in total. The van der Waals surface area contributed by atoms with Gasteiger partial charge in [0.25, 0.3) is 5.91 Å². The number of sulfonamides is 1. The SMILES string of the molecule is CC1CN(S(=O)(=O)c2ccc(C(=O)OCC(=O)c3ccc4c(c3)NC(=O)CO4)cc2)CC(C)O1. The van der Waals surface area contributed by atoms with Crippen LogP contribution in [0, 0.1) is 0 Å². The van der Waals surface area contributed by atoms with E-state index in [1.54, 1.807) is 6.07 Å². The lowest BCUT2D eigenvalue weighted by molar-refractivity contribution is -0.118. The summed E-state index contributed by atoms with van der Waals surface area (Å²) in [5.41, 5.74) is 0.726. The van der Waals surface area contributed by atoms with E-state index >= 15 is 0 Å². The Bertz CT molecular complexity index is 1220. The molecule has 10 nitrogen and oxygen atoms in total. The lowest BCUT2D eigenvalue weighted by Crippen LogP contribution is -2.48. The van der Waals surface area contributed by atoms with E-state index in [0.717, 1.165) is 0 Å². The second-order valence-electron chi connectivity index (χ2n) is 8.15. The molecule has 0 bridgehead atoms. The Morgan fingerprint density at radius 2 is 1.71 bits per heavy atom. The van der Waals surface area contributed by atoms with Gasteiger partial charge in [0, 0.05) is 18.7 Å². The van der Waals surface area contributed by atoms with Crippen LogP contribution in [0.3, 0.4) is 0 Å². The van der Waals surface area contributed by atoms with E-state index in [2.05, 4.69) is 5.32 Å². The number of amides is 1. The van der Waals surface area contributed by atoms with Crippen molar-refractivity contribution >= 4 is 33.4 Å². The Morgan fingerprint density at radius 3 is 2.38 bits per heavy atom. The van der Waals surface area contributed by atoms with Crippen LogP contribution in [-0.2, 0) is 24.3 Å². The summed E-state index contributed by atoms with van der Waals surface area (Å²) < 4.78 is 43.2. The van der Waals surface area contributed by atoms with Crippen molar-refractivity contribution in [1.82, 2.24) is 4.31 Å². The molecule has 0 spiro atoms. The molecule has 2 atom stereocenters. The average Bonchev–Trinajstić information content (AvgIpc) is 2.81. The van der Waals surface area contributed by atoms with Gasteiger partial charge >= 0.3 is 5.97 Å². The maximum absolute atomic E-state index is 12.9. The van der Waals surface area contributed by atoms with Crippen LogP contribution in [0.1, 0.15) is 34.6 Å². The molecule has 4 rings (SSSR count). The summed E-state index contributed by atoms with van der Waals surface area (Å²) in [5, 5.41) is 2.61. The van der Waals surface area contributed by atoms with Gasteiger partial charge in [-0.05, 0) is 56.3 Å². The zero-order valence-corrected chi connectivity index (χ0v) is 19.5. The Balaban J connectivity index is 1.38. The number of carbonyl (C=O) groups excluding carboxylic acids is 3. The molecule has 2 heterocycles. The van der Waals surface area contributed by atoms with Gasteiger partial charge in [0.2, 0.25) is 10.0 Å². The molecule has 34 heavy (non-hydrogen) atoms. The first-order chi connectivity index (χ1) is 16.1. The first-order valence-electron chi connectivity index (χ1n) is 10.7. The fourth-order valence-corrected chi connectivity index (χ4v) is 5.38. The third-order valence-electron chi connectivity index (χ3n) is 5.38. The maximum Gasteiger partial charge on any atom is 0.338 e. The summed E-state index contributed by atoms with van der Waals surface area (Å²) in [4.78, 5) is 36.3. The van der Waals surface area contributed by atoms with Crippen LogP contribution in [0.4, 0.5) is 5.69 Å². The van der Waals surface area contributed by atoms with Crippen LogP contribution in [0.5, 0.6) is 5.75 Å². The number of morpholine rings is 1. The molecule has 0 saturated carbocycles. The van der Waals surface area contributed by atoms with Crippen molar-refractivity contribution in [2.75, 3.05) is 31.6 Å². The van der Waals surface area contributed by atoms with Gasteiger partial charge in [0.05, 0.1) is 28.4 Å². The number of ketones is 1. The molecule has 2 aromatic rings. The fourth-order valence-electron chi connectivity index (χ4n) is 3.79. The molecule has 180 valence electrons. The average molecular weight is 489 g/mol. The minimum absolute atomic E-state index is 0.0553. The van der Waals surface area contributed by atoms with Crippen LogP contribution >= 0.6 is 0 Å². The Morgan fingerprint density at radius 1 is 1.06 bits per heavy atom.